The molecule has 0 aromatic heterocycles. The van der Waals surface area contributed by atoms with Crippen LogP contribution in [0.1, 0.15) is 26.3 Å². The van der Waals surface area contributed by atoms with Crippen molar-refractivity contribution in [2.24, 2.45) is 0 Å². The molecular weight excluding hydrogens is 268 g/mol. The summed E-state index contributed by atoms with van der Waals surface area (Å²) >= 11 is 0. The maximum Gasteiger partial charge on any atom is 0.253 e. The van der Waals surface area contributed by atoms with E-state index >= 15 is 0 Å². The van der Waals surface area contributed by atoms with Crippen LogP contribution < -0.4 is 5.32 Å². The van der Waals surface area contributed by atoms with Crippen molar-refractivity contribution >= 4 is 11.8 Å². The molecular formula is C16H22N2O3. The van der Waals surface area contributed by atoms with Crippen LogP contribution in [0.15, 0.2) is 30.3 Å². The summed E-state index contributed by atoms with van der Waals surface area (Å²) < 4.78 is 5.32. The highest BCUT2D eigenvalue weighted by atomic mass is 16.5. The molecule has 0 saturated carbocycles. The van der Waals surface area contributed by atoms with E-state index in [1.807, 2.05) is 37.3 Å². The third-order valence-electron chi connectivity index (χ3n) is 3.94. The fraction of sp³-hybridized carbons (Fsp3) is 0.500. The Kier molecular flexibility index (Phi) is 4.63. The summed E-state index contributed by atoms with van der Waals surface area (Å²) in [6, 6.07) is 8.85. The highest BCUT2D eigenvalue weighted by Gasteiger charge is 2.47. The molecule has 1 fully saturated rings. The van der Waals surface area contributed by atoms with Crippen LogP contribution >= 0.6 is 0 Å². The first-order chi connectivity index (χ1) is 10.0. The van der Waals surface area contributed by atoms with Gasteiger partial charge in [0.25, 0.3) is 5.91 Å². The summed E-state index contributed by atoms with van der Waals surface area (Å²) in [5.41, 5.74) is -0.228. The Morgan fingerprint density at radius 3 is 2.57 bits per heavy atom. The number of hydrogen-bond acceptors (Lipinski definition) is 3. The first kappa shape index (κ1) is 15.5. The summed E-state index contributed by atoms with van der Waals surface area (Å²) in [6.07, 6.45) is 0. The van der Waals surface area contributed by atoms with Gasteiger partial charge in [0.2, 0.25) is 5.91 Å². The van der Waals surface area contributed by atoms with Crippen LogP contribution in [0.4, 0.5) is 0 Å². The Bertz CT molecular complexity index is 518. The molecule has 1 aromatic carbocycles. The van der Waals surface area contributed by atoms with E-state index in [9.17, 15) is 9.59 Å². The molecule has 1 aromatic rings. The molecule has 1 saturated heterocycles. The first-order valence-corrected chi connectivity index (χ1v) is 7.27. The summed E-state index contributed by atoms with van der Waals surface area (Å²) in [5.74, 6) is -0.238. The summed E-state index contributed by atoms with van der Waals surface area (Å²) in [4.78, 5) is 26.7. The maximum atomic E-state index is 12.9. The van der Waals surface area contributed by atoms with Gasteiger partial charge in [-0.05, 0) is 26.3 Å². The smallest absolute Gasteiger partial charge is 0.253 e. The van der Waals surface area contributed by atoms with Gasteiger partial charge in [0.15, 0.2) is 0 Å². The molecule has 2 amide bonds. The van der Waals surface area contributed by atoms with E-state index in [1.165, 1.54) is 0 Å². The fourth-order valence-electron chi connectivity index (χ4n) is 2.58. The number of nitrogens with one attached hydrogen (secondary N) is 1. The molecule has 2 unspecified atom stereocenters. The summed E-state index contributed by atoms with van der Waals surface area (Å²) in [7, 11) is 0. The third-order valence-corrected chi connectivity index (χ3v) is 3.94. The Balaban J connectivity index is 2.27. The maximum absolute atomic E-state index is 12.9. The van der Waals surface area contributed by atoms with Gasteiger partial charge < -0.3 is 15.0 Å². The molecule has 0 radical (unpaired) electrons. The molecule has 114 valence electrons. The van der Waals surface area contributed by atoms with Crippen LogP contribution in [-0.2, 0) is 19.9 Å². The minimum absolute atomic E-state index is 0.0968. The Morgan fingerprint density at radius 2 is 1.95 bits per heavy atom. The minimum atomic E-state index is -1.02. The van der Waals surface area contributed by atoms with Crippen molar-refractivity contribution in [3.8, 4) is 0 Å². The van der Waals surface area contributed by atoms with Crippen LogP contribution in [0, 0.1) is 0 Å². The van der Waals surface area contributed by atoms with E-state index in [0.717, 1.165) is 5.56 Å². The SMILES string of the molecule is CCOCCN1C(=O)C(C)(c2ccccc2)NC(=O)C1C. The number of hydrogen-bond donors (Lipinski definition) is 1. The van der Waals surface area contributed by atoms with Crippen molar-refractivity contribution < 1.29 is 14.3 Å². The molecule has 5 heteroatoms. The topological polar surface area (TPSA) is 58.6 Å². The van der Waals surface area contributed by atoms with Crippen molar-refractivity contribution in [3.05, 3.63) is 35.9 Å². The van der Waals surface area contributed by atoms with E-state index in [2.05, 4.69) is 5.32 Å². The van der Waals surface area contributed by atoms with Crippen LogP contribution in [0.25, 0.3) is 0 Å². The van der Waals surface area contributed by atoms with E-state index in [0.29, 0.717) is 19.8 Å². The summed E-state index contributed by atoms with van der Waals surface area (Å²) in [6.45, 7) is 6.85. The molecule has 0 aliphatic carbocycles. The zero-order valence-corrected chi connectivity index (χ0v) is 12.8. The van der Waals surface area contributed by atoms with Crippen molar-refractivity contribution in [3.63, 3.8) is 0 Å². The van der Waals surface area contributed by atoms with E-state index in [1.54, 1.807) is 18.7 Å². The second-order valence-corrected chi connectivity index (χ2v) is 5.35. The molecule has 1 aliphatic rings. The molecule has 1 N–H and O–H groups in total. The lowest BCUT2D eigenvalue weighted by molar-refractivity contribution is -0.154. The van der Waals surface area contributed by atoms with Crippen molar-refractivity contribution in [1.82, 2.24) is 10.2 Å². The lowest BCUT2D eigenvalue weighted by Crippen LogP contribution is -2.67. The van der Waals surface area contributed by atoms with Gasteiger partial charge in [0.05, 0.1) is 6.61 Å². The zero-order valence-electron chi connectivity index (χ0n) is 12.8. The molecule has 1 aliphatic heterocycles. The number of carbonyl (C=O) groups excluding carboxylic acids is 2. The van der Waals surface area contributed by atoms with Crippen molar-refractivity contribution in [2.45, 2.75) is 32.4 Å². The largest absolute Gasteiger partial charge is 0.380 e. The van der Waals surface area contributed by atoms with Crippen LogP contribution in [-0.4, -0.2) is 42.5 Å². The van der Waals surface area contributed by atoms with Gasteiger partial charge in [-0.1, -0.05) is 30.3 Å². The lowest BCUT2D eigenvalue weighted by atomic mass is 9.87. The molecule has 0 bridgehead atoms. The Labute approximate surface area is 125 Å². The first-order valence-electron chi connectivity index (χ1n) is 7.27. The van der Waals surface area contributed by atoms with E-state index < -0.39 is 11.6 Å². The van der Waals surface area contributed by atoms with E-state index in [4.69, 9.17) is 4.74 Å². The third kappa shape index (κ3) is 2.93. The Hall–Kier alpha value is -1.88. The number of benzene rings is 1. The monoisotopic (exact) mass is 290 g/mol. The van der Waals surface area contributed by atoms with Gasteiger partial charge in [-0.3, -0.25) is 9.59 Å². The predicted molar refractivity (Wildman–Crippen MR) is 79.6 cm³/mol. The van der Waals surface area contributed by atoms with Gasteiger partial charge in [0.1, 0.15) is 11.6 Å². The van der Waals surface area contributed by atoms with Gasteiger partial charge in [0, 0.05) is 13.2 Å². The summed E-state index contributed by atoms with van der Waals surface area (Å²) in [5, 5.41) is 2.86. The number of ether oxygens (including phenoxy) is 1. The minimum Gasteiger partial charge on any atom is -0.380 e. The van der Waals surface area contributed by atoms with Crippen LogP contribution in [0.3, 0.4) is 0 Å². The molecule has 0 spiro atoms. The number of amides is 2. The van der Waals surface area contributed by atoms with Gasteiger partial charge in [-0.2, -0.15) is 0 Å². The molecule has 21 heavy (non-hydrogen) atoms. The highest BCUT2D eigenvalue weighted by Crippen LogP contribution is 2.28. The second kappa shape index (κ2) is 6.26. The molecule has 2 atom stereocenters. The quantitative estimate of drug-likeness (QED) is 0.831. The predicted octanol–water partition coefficient (Wildman–Crippen LogP) is 1.29. The standard InChI is InChI=1S/C16H22N2O3/c1-4-21-11-10-18-12(2)14(19)17-16(3,15(18)20)13-8-6-5-7-9-13/h5-9,12H,4,10-11H2,1-3H3,(H,17,19). The highest BCUT2D eigenvalue weighted by molar-refractivity contribution is 6.00. The average molecular weight is 290 g/mol. The molecule has 5 nitrogen and oxygen atoms in total. The molecule has 2 rings (SSSR count). The second-order valence-electron chi connectivity index (χ2n) is 5.35. The normalized spacial score (nSPS) is 25.9. The number of rotatable bonds is 5. The molecule has 1 heterocycles. The number of carbonyl (C=O) groups is 2. The number of piperazine rings is 1. The number of nitrogens with zero attached hydrogens (tertiary/aromatic N) is 1. The van der Waals surface area contributed by atoms with Crippen LogP contribution in [0.5, 0.6) is 0 Å². The van der Waals surface area contributed by atoms with Crippen molar-refractivity contribution in [1.29, 1.82) is 0 Å². The fourth-order valence-corrected chi connectivity index (χ4v) is 2.58. The lowest BCUT2D eigenvalue weighted by Gasteiger charge is -2.43. The van der Waals surface area contributed by atoms with E-state index in [-0.39, 0.29) is 11.8 Å². The van der Waals surface area contributed by atoms with Crippen LogP contribution in [0.2, 0.25) is 0 Å². The van der Waals surface area contributed by atoms with Gasteiger partial charge >= 0.3 is 0 Å². The zero-order chi connectivity index (χ0) is 15.5. The van der Waals surface area contributed by atoms with Gasteiger partial charge in [-0.25, -0.2) is 0 Å². The van der Waals surface area contributed by atoms with Crippen molar-refractivity contribution in [2.75, 3.05) is 19.8 Å². The average Bonchev–Trinajstić information content (AvgIpc) is 2.50. The Morgan fingerprint density at radius 1 is 1.29 bits per heavy atom. The van der Waals surface area contributed by atoms with Gasteiger partial charge in [-0.15, -0.1) is 0 Å².